The van der Waals surface area contributed by atoms with E-state index >= 15 is 0 Å². The van der Waals surface area contributed by atoms with Crippen LogP contribution in [0.1, 0.15) is 27.9 Å². The van der Waals surface area contributed by atoms with Crippen LogP contribution in [0, 0.1) is 18.3 Å². The van der Waals surface area contributed by atoms with Crippen molar-refractivity contribution in [2.45, 2.75) is 19.5 Å². The summed E-state index contributed by atoms with van der Waals surface area (Å²) in [6.07, 6.45) is -2.58. The van der Waals surface area contributed by atoms with E-state index in [0.29, 0.717) is 11.3 Å². The molecule has 0 unspecified atom stereocenters. The first kappa shape index (κ1) is 14.1. The van der Waals surface area contributed by atoms with Gasteiger partial charge in [-0.25, -0.2) is 0 Å². The molecule has 2 nitrogen and oxygen atoms in total. The van der Waals surface area contributed by atoms with Gasteiger partial charge in [0.1, 0.15) is 0 Å². The van der Waals surface area contributed by atoms with E-state index in [-0.39, 0.29) is 12.0 Å². The molecule has 0 aliphatic heterocycles. The topological polar surface area (TPSA) is 36.7 Å². The SMILES string of the molecule is Cc1ccnc(Cc2cc(C#N)cc(C(F)(F)F)c2)c1. The summed E-state index contributed by atoms with van der Waals surface area (Å²) in [6, 6.07) is 8.76. The van der Waals surface area contributed by atoms with Crippen LogP contribution in [0.15, 0.2) is 36.5 Å². The molecule has 0 radical (unpaired) electrons. The van der Waals surface area contributed by atoms with Crippen LogP contribution in [-0.2, 0) is 12.6 Å². The fourth-order valence-corrected chi connectivity index (χ4v) is 1.93. The van der Waals surface area contributed by atoms with Crippen molar-refractivity contribution >= 4 is 0 Å². The molecule has 0 amide bonds. The highest BCUT2D eigenvalue weighted by atomic mass is 19.4. The molecule has 5 heteroatoms. The number of pyridine rings is 1. The van der Waals surface area contributed by atoms with E-state index in [1.165, 1.54) is 6.07 Å². The molecule has 0 atom stereocenters. The summed E-state index contributed by atoms with van der Waals surface area (Å²) >= 11 is 0. The van der Waals surface area contributed by atoms with Crippen molar-refractivity contribution in [3.05, 3.63) is 64.5 Å². The Morgan fingerprint density at radius 2 is 1.95 bits per heavy atom. The molecule has 0 aliphatic rings. The third-order valence-electron chi connectivity index (χ3n) is 2.81. The smallest absolute Gasteiger partial charge is 0.261 e. The van der Waals surface area contributed by atoms with Gasteiger partial charge < -0.3 is 0 Å². The zero-order valence-electron chi connectivity index (χ0n) is 10.7. The quantitative estimate of drug-likeness (QED) is 0.834. The molecule has 1 aromatic carbocycles. The van der Waals surface area contributed by atoms with Crippen LogP contribution in [0.2, 0.25) is 0 Å². The van der Waals surface area contributed by atoms with Gasteiger partial charge in [-0.15, -0.1) is 0 Å². The Morgan fingerprint density at radius 1 is 1.20 bits per heavy atom. The molecule has 2 aromatic rings. The van der Waals surface area contributed by atoms with Crippen molar-refractivity contribution in [2.24, 2.45) is 0 Å². The van der Waals surface area contributed by atoms with E-state index in [1.807, 2.05) is 19.1 Å². The summed E-state index contributed by atoms with van der Waals surface area (Å²) < 4.78 is 38.3. The van der Waals surface area contributed by atoms with Crippen molar-refractivity contribution in [1.29, 1.82) is 5.26 Å². The predicted octanol–water partition coefficient (Wildman–Crippen LogP) is 3.87. The van der Waals surface area contributed by atoms with Gasteiger partial charge in [0.15, 0.2) is 0 Å². The Balaban J connectivity index is 2.39. The van der Waals surface area contributed by atoms with Gasteiger partial charge in [-0.3, -0.25) is 4.98 Å². The van der Waals surface area contributed by atoms with Crippen LogP contribution < -0.4 is 0 Å². The van der Waals surface area contributed by atoms with Crippen molar-refractivity contribution in [1.82, 2.24) is 4.98 Å². The number of hydrogen-bond acceptors (Lipinski definition) is 2. The summed E-state index contributed by atoms with van der Waals surface area (Å²) in [5.74, 6) is 0. The molecule has 0 spiro atoms. The third-order valence-corrected chi connectivity index (χ3v) is 2.81. The second-order valence-electron chi connectivity index (χ2n) is 4.53. The molecule has 102 valence electrons. The van der Waals surface area contributed by atoms with Gasteiger partial charge in [-0.2, -0.15) is 18.4 Å². The molecular weight excluding hydrogens is 265 g/mol. The van der Waals surface area contributed by atoms with Gasteiger partial charge in [0.25, 0.3) is 0 Å². The van der Waals surface area contributed by atoms with E-state index in [0.717, 1.165) is 17.7 Å². The van der Waals surface area contributed by atoms with E-state index in [9.17, 15) is 13.2 Å². The number of rotatable bonds is 2. The number of nitrogens with zero attached hydrogens (tertiary/aromatic N) is 2. The number of aryl methyl sites for hydroxylation is 1. The average molecular weight is 276 g/mol. The minimum absolute atomic E-state index is 0.00229. The van der Waals surface area contributed by atoms with Crippen molar-refractivity contribution < 1.29 is 13.2 Å². The van der Waals surface area contributed by atoms with Crippen LogP contribution in [0.4, 0.5) is 13.2 Å². The number of benzene rings is 1. The van der Waals surface area contributed by atoms with Crippen LogP contribution in [0.5, 0.6) is 0 Å². The van der Waals surface area contributed by atoms with Gasteiger partial charge in [-0.1, -0.05) is 0 Å². The fourth-order valence-electron chi connectivity index (χ4n) is 1.93. The summed E-state index contributed by atoms with van der Waals surface area (Å²) in [6.45, 7) is 1.89. The van der Waals surface area contributed by atoms with Gasteiger partial charge in [0.05, 0.1) is 17.2 Å². The van der Waals surface area contributed by atoms with Gasteiger partial charge in [-0.05, 0) is 48.4 Å². The number of aromatic nitrogens is 1. The van der Waals surface area contributed by atoms with Crippen LogP contribution in [-0.4, -0.2) is 4.98 Å². The highest BCUT2D eigenvalue weighted by Gasteiger charge is 2.31. The zero-order valence-corrected chi connectivity index (χ0v) is 10.7. The van der Waals surface area contributed by atoms with Crippen molar-refractivity contribution in [3.8, 4) is 6.07 Å². The van der Waals surface area contributed by atoms with E-state index in [2.05, 4.69) is 4.98 Å². The molecular formula is C15H11F3N2. The Bertz CT molecular complexity index is 670. The Morgan fingerprint density at radius 3 is 2.55 bits per heavy atom. The van der Waals surface area contributed by atoms with Gasteiger partial charge >= 0.3 is 6.18 Å². The van der Waals surface area contributed by atoms with Gasteiger partial charge in [0.2, 0.25) is 0 Å². The average Bonchev–Trinajstić information content (AvgIpc) is 2.37. The van der Waals surface area contributed by atoms with Crippen LogP contribution in [0.3, 0.4) is 0 Å². The normalized spacial score (nSPS) is 11.2. The molecule has 2 rings (SSSR count). The molecule has 0 bridgehead atoms. The second kappa shape index (κ2) is 5.33. The lowest BCUT2D eigenvalue weighted by molar-refractivity contribution is -0.137. The Labute approximate surface area is 114 Å². The maximum absolute atomic E-state index is 12.8. The lowest BCUT2D eigenvalue weighted by atomic mass is 10.0. The van der Waals surface area contributed by atoms with Crippen molar-refractivity contribution in [3.63, 3.8) is 0 Å². The Hall–Kier alpha value is -2.35. The summed E-state index contributed by atoms with van der Waals surface area (Å²) in [5, 5.41) is 8.83. The maximum Gasteiger partial charge on any atom is 0.416 e. The molecule has 20 heavy (non-hydrogen) atoms. The molecule has 1 heterocycles. The molecule has 0 saturated carbocycles. The maximum atomic E-state index is 12.8. The van der Waals surface area contributed by atoms with E-state index in [1.54, 1.807) is 12.3 Å². The lowest BCUT2D eigenvalue weighted by Gasteiger charge is -2.10. The first-order chi connectivity index (χ1) is 9.38. The fraction of sp³-hybridized carbons (Fsp3) is 0.200. The second-order valence-corrected chi connectivity index (χ2v) is 4.53. The molecule has 1 aromatic heterocycles. The predicted molar refractivity (Wildman–Crippen MR) is 67.9 cm³/mol. The molecule has 0 aliphatic carbocycles. The highest BCUT2D eigenvalue weighted by molar-refractivity contribution is 5.40. The summed E-state index contributed by atoms with van der Waals surface area (Å²) in [7, 11) is 0. The number of hydrogen-bond donors (Lipinski definition) is 0. The summed E-state index contributed by atoms with van der Waals surface area (Å²) in [5.41, 5.74) is 1.28. The summed E-state index contributed by atoms with van der Waals surface area (Å²) in [4.78, 5) is 4.12. The van der Waals surface area contributed by atoms with Gasteiger partial charge in [0, 0.05) is 18.3 Å². The third kappa shape index (κ3) is 3.35. The largest absolute Gasteiger partial charge is 0.416 e. The number of nitriles is 1. The van der Waals surface area contributed by atoms with Crippen LogP contribution in [0.25, 0.3) is 0 Å². The molecule has 0 saturated heterocycles. The first-order valence-corrected chi connectivity index (χ1v) is 5.91. The van der Waals surface area contributed by atoms with E-state index < -0.39 is 11.7 Å². The number of halogens is 3. The molecule has 0 fully saturated rings. The molecule has 0 N–H and O–H groups in total. The minimum Gasteiger partial charge on any atom is -0.261 e. The zero-order chi connectivity index (χ0) is 14.8. The number of alkyl halides is 3. The Kier molecular flexibility index (Phi) is 3.75. The monoisotopic (exact) mass is 276 g/mol. The van der Waals surface area contributed by atoms with Crippen LogP contribution >= 0.6 is 0 Å². The minimum atomic E-state index is -4.46. The first-order valence-electron chi connectivity index (χ1n) is 5.91. The highest BCUT2D eigenvalue weighted by Crippen LogP contribution is 2.31. The lowest BCUT2D eigenvalue weighted by Crippen LogP contribution is -2.06. The van der Waals surface area contributed by atoms with Crippen molar-refractivity contribution in [2.75, 3.05) is 0 Å². The standard InChI is InChI=1S/C15H11F3N2/c1-10-2-3-20-14(4-10)8-11-5-12(9-19)7-13(6-11)15(16,17)18/h2-7H,8H2,1H3. The van der Waals surface area contributed by atoms with E-state index in [4.69, 9.17) is 5.26 Å².